The van der Waals surface area contributed by atoms with Crippen LogP contribution in [-0.2, 0) is 16.2 Å². The summed E-state index contributed by atoms with van der Waals surface area (Å²) in [7, 11) is 1.67. The second-order valence-electron chi connectivity index (χ2n) is 9.37. The molecule has 8 nitrogen and oxygen atoms in total. The van der Waals surface area contributed by atoms with E-state index < -0.39 is 0 Å². The summed E-state index contributed by atoms with van der Waals surface area (Å²) < 4.78 is 0. The number of piperidine rings is 2. The molecular formula is C25H36N6O2. The topological polar surface area (TPSA) is 96.6 Å². The highest BCUT2D eigenvalue weighted by atomic mass is 16.6. The number of amides is 1. The summed E-state index contributed by atoms with van der Waals surface area (Å²) in [6, 6.07) is 8.78. The lowest BCUT2D eigenvalue weighted by molar-refractivity contribution is -0.138. The molecule has 1 amide bonds. The van der Waals surface area contributed by atoms with Crippen LogP contribution in [0, 0.1) is 18.8 Å². The van der Waals surface area contributed by atoms with Crippen LogP contribution in [0.25, 0.3) is 0 Å². The van der Waals surface area contributed by atoms with Crippen LogP contribution in [0.2, 0.25) is 0 Å². The van der Waals surface area contributed by atoms with Gasteiger partial charge < -0.3 is 15.5 Å². The minimum Gasteiger partial charge on any atom is -0.368 e. The van der Waals surface area contributed by atoms with Crippen molar-refractivity contribution in [3.63, 3.8) is 0 Å². The first-order valence-electron chi connectivity index (χ1n) is 12.0. The van der Waals surface area contributed by atoms with Gasteiger partial charge in [-0.2, -0.15) is 5.48 Å². The number of benzene rings is 1. The van der Waals surface area contributed by atoms with Crippen molar-refractivity contribution in [1.82, 2.24) is 25.2 Å². The third-order valence-corrected chi connectivity index (χ3v) is 7.07. The minimum absolute atomic E-state index is 0.130. The Morgan fingerprint density at radius 2 is 1.73 bits per heavy atom. The van der Waals surface area contributed by atoms with Crippen molar-refractivity contribution in [2.45, 2.75) is 45.2 Å². The Kier molecular flexibility index (Phi) is 7.90. The van der Waals surface area contributed by atoms with Crippen LogP contribution in [0.4, 0.5) is 5.95 Å². The Bertz CT molecular complexity index is 888. The lowest BCUT2D eigenvalue weighted by Gasteiger charge is -2.39. The number of aryl methyl sites for hydroxylation is 1. The van der Waals surface area contributed by atoms with Gasteiger partial charge in [0.05, 0.1) is 13.2 Å². The molecule has 4 rings (SSSR count). The summed E-state index contributed by atoms with van der Waals surface area (Å²) in [6.07, 6.45) is 7.35. The van der Waals surface area contributed by atoms with E-state index in [0.717, 1.165) is 64.0 Å². The van der Waals surface area contributed by atoms with Crippen molar-refractivity contribution >= 4 is 11.9 Å². The lowest BCUT2D eigenvalue weighted by atomic mass is 9.85. The summed E-state index contributed by atoms with van der Waals surface area (Å²) >= 11 is 0. The Morgan fingerprint density at radius 3 is 2.33 bits per heavy atom. The smallest absolute Gasteiger partial charge is 0.225 e. The van der Waals surface area contributed by atoms with Gasteiger partial charge in [-0.1, -0.05) is 29.8 Å². The van der Waals surface area contributed by atoms with Crippen LogP contribution in [-0.4, -0.2) is 59.0 Å². The average molecular weight is 453 g/mol. The summed E-state index contributed by atoms with van der Waals surface area (Å²) in [5, 5.41) is 0. The molecule has 33 heavy (non-hydrogen) atoms. The zero-order valence-corrected chi connectivity index (χ0v) is 19.7. The van der Waals surface area contributed by atoms with E-state index in [-0.39, 0.29) is 12.0 Å². The fraction of sp³-hybridized carbons (Fsp3) is 0.560. The van der Waals surface area contributed by atoms with Crippen LogP contribution in [0.1, 0.15) is 48.4 Å². The number of hydroxylamine groups is 1. The molecule has 2 aliphatic rings. The quantitative estimate of drug-likeness (QED) is 0.624. The summed E-state index contributed by atoms with van der Waals surface area (Å²) in [6.45, 7) is 6.39. The van der Waals surface area contributed by atoms with Crippen LogP contribution in [0.5, 0.6) is 0 Å². The molecule has 0 radical (unpaired) electrons. The number of hydrogen-bond acceptors (Lipinski definition) is 7. The predicted octanol–water partition coefficient (Wildman–Crippen LogP) is 2.71. The normalized spacial score (nSPS) is 19.5. The third kappa shape index (κ3) is 6.07. The minimum atomic E-state index is 0.130. The van der Waals surface area contributed by atoms with Crippen LogP contribution in [0.3, 0.4) is 0 Å². The molecule has 0 bridgehead atoms. The fourth-order valence-electron chi connectivity index (χ4n) is 5.09. The number of nitrogens with zero attached hydrogens (tertiary/aromatic N) is 4. The monoisotopic (exact) mass is 452 g/mol. The summed E-state index contributed by atoms with van der Waals surface area (Å²) in [5.41, 5.74) is 12.3. The van der Waals surface area contributed by atoms with Crippen molar-refractivity contribution in [2.75, 3.05) is 39.0 Å². The molecular weight excluding hydrogens is 416 g/mol. The Hall–Kier alpha value is -2.55. The van der Waals surface area contributed by atoms with Crippen molar-refractivity contribution in [1.29, 1.82) is 0 Å². The maximum Gasteiger partial charge on any atom is 0.225 e. The van der Waals surface area contributed by atoms with E-state index in [2.05, 4.69) is 56.4 Å². The molecule has 2 aromatic rings. The second kappa shape index (κ2) is 11.0. The van der Waals surface area contributed by atoms with E-state index >= 15 is 0 Å². The molecule has 2 aliphatic heterocycles. The van der Waals surface area contributed by atoms with Crippen molar-refractivity contribution in [3.05, 3.63) is 53.3 Å². The van der Waals surface area contributed by atoms with Crippen LogP contribution >= 0.6 is 0 Å². The number of hydrogen-bond donors (Lipinski definition) is 2. The number of carbonyl (C=O) groups excluding carboxylic acids is 1. The van der Waals surface area contributed by atoms with Gasteiger partial charge in [0, 0.05) is 43.5 Å². The molecule has 3 heterocycles. The Balaban J connectivity index is 1.26. The van der Waals surface area contributed by atoms with Crippen molar-refractivity contribution in [3.8, 4) is 0 Å². The number of carbonyl (C=O) groups is 1. The Labute approximate surface area is 196 Å². The highest BCUT2D eigenvalue weighted by molar-refractivity contribution is 5.79. The summed E-state index contributed by atoms with van der Waals surface area (Å²) in [5.74, 6) is 1.21. The number of rotatable bonds is 7. The van der Waals surface area contributed by atoms with Crippen LogP contribution < -0.4 is 11.2 Å². The lowest BCUT2D eigenvalue weighted by Crippen LogP contribution is -2.46. The number of nitrogen functional groups attached to an aromatic ring is 1. The van der Waals surface area contributed by atoms with Gasteiger partial charge in [-0.3, -0.25) is 9.69 Å². The highest BCUT2D eigenvalue weighted by Crippen LogP contribution is 2.32. The summed E-state index contributed by atoms with van der Waals surface area (Å²) in [4.78, 5) is 31.1. The maximum atomic E-state index is 13.2. The molecule has 0 aliphatic carbocycles. The Morgan fingerprint density at radius 1 is 1.09 bits per heavy atom. The van der Waals surface area contributed by atoms with Crippen molar-refractivity contribution < 1.29 is 9.63 Å². The second-order valence-corrected chi connectivity index (χ2v) is 9.37. The van der Waals surface area contributed by atoms with Gasteiger partial charge in [0.2, 0.25) is 11.9 Å². The number of nitrogens with one attached hydrogen (secondary N) is 1. The van der Waals surface area contributed by atoms with Gasteiger partial charge in [-0.05, 0) is 57.2 Å². The van der Waals surface area contributed by atoms with Gasteiger partial charge in [0.1, 0.15) is 0 Å². The van der Waals surface area contributed by atoms with Gasteiger partial charge in [0.25, 0.3) is 0 Å². The first-order chi connectivity index (χ1) is 16.0. The first-order valence-corrected chi connectivity index (χ1v) is 12.0. The SMILES string of the molecule is CONC(c1ccc(C)cc1)C1CCN(C(=O)C2CCN(Cc3cnc(N)nc3)CC2)CC1. The molecule has 2 saturated heterocycles. The molecule has 1 unspecified atom stereocenters. The third-order valence-electron chi connectivity index (χ3n) is 7.07. The first kappa shape index (κ1) is 23.6. The standard InChI is InChI=1S/C25H36N6O2/c1-18-3-5-20(6-4-18)23(29-33-2)21-9-13-31(14-10-21)24(32)22-7-11-30(12-8-22)17-19-15-27-25(26)28-16-19/h3-6,15-16,21-23,29H,7-14,17H2,1-2H3,(H2,26,27,28). The molecule has 178 valence electrons. The number of aromatic nitrogens is 2. The number of anilines is 1. The molecule has 2 fully saturated rings. The largest absolute Gasteiger partial charge is 0.368 e. The zero-order valence-electron chi connectivity index (χ0n) is 19.7. The van der Waals surface area contributed by atoms with Gasteiger partial charge in [-0.15, -0.1) is 0 Å². The van der Waals surface area contributed by atoms with Gasteiger partial charge in [-0.25, -0.2) is 9.97 Å². The van der Waals surface area contributed by atoms with E-state index in [0.29, 0.717) is 17.8 Å². The molecule has 1 aromatic heterocycles. The van der Waals surface area contributed by atoms with E-state index in [9.17, 15) is 4.79 Å². The zero-order chi connectivity index (χ0) is 23.2. The maximum absolute atomic E-state index is 13.2. The van der Waals surface area contributed by atoms with Crippen LogP contribution in [0.15, 0.2) is 36.7 Å². The van der Waals surface area contributed by atoms with Gasteiger partial charge in [0.15, 0.2) is 0 Å². The molecule has 8 heteroatoms. The van der Waals surface area contributed by atoms with E-state index in [1.165, 1.54) is 11.1 Å². The number of likely N-dealkylation sites (tertiary alicyclic amines) is 2. The molecule has 3 N–H and O–H groups in total. The highest BCUT2D eigenvalue weighted by Gasteiger charge is 2.33. The molecule has 0 saturated carbocycles. The molecule has 1 aromatic carbocycles. The molecule has 1 atom stereocenters. The van der Waals surface area contributed by atoms with E-state index in [4.69, 9.17) is 10.6 Å². The van der Waals surface area contributed by atoms with Gasteiger partial charge >= 0.3 is 0 Å². The van der Waals surface area contributed by atoms with E-state index in [1.807, 2.05) is 0 Å². The molecule has 0 spiro atoms. The predicted molar refractivity (Wildman–Crippen MR) is 128 cm³/mol. The van der Waals surface area contributed by atoms with Crippen molar-refractivity contribution in [2.24, 2.45) is 11.8 Å². The van der Waals surface area contributed by atoms with E-state index in [1.54, 1.807) is 19.5 Å². The number of nitrogens with two attached hydrogens (primary N) is 1. The fourth-order valence-corrected chi connectivity index (χ4v) is 5.09. The average Bonchev–Trinajstić information content (AvgIpc) is 2.85.